The van der Waals surface area contributed by atoms with Gasteiger partial charge >= 0.3 is 0 Å². The molecule has 2 N–H and O–H groups in total. The molecule has 2 nitrogen and oxygen atoms in total. The Balaban J connectivity index is 0.000000606. The maximum Gasteiger partial charge on any atom is 0.0233 e. The van der Waals surface area contributed by atoms with Gasteiger partial charge in [0.05, 0.1) is 0 Å². The first kappa shape index (κ1) is 13.2. The van der Waals surface area contributed by atoms with E-state index in [9.17, 15) is 0 Å². The molecule has 2 rings (SSSR count). The van der Waals surface area contributed by atoms with Crippen LogP contribution in [0, 0.1) is 5.92 Å². The van der Waals surface area contributed by atoms with Crippen molar-refractivity contribution in [2.24, 2.45) is 11.7 Å². The van der Waals surface area contributed by atoms with Gasteiger partial charge in [-0.3, -0.25) is 4.90 Å². The molecule has 1 saturated heterocycles. The van der Waals surface area contributed by atoms with Crippen molar-refractivity contribution in [2.45, 2.75) is 26.8 Å². The Morgan fingerprint density at radius 3 is 2.50 bits per heavy atom. The molecular weight excluding hydrogens is 196 g/mol. The summed E-state index contributed by atoms with van der Waals surface area (Å²) in [6.45, 7) is 8.30. The number of rotatable bonds is 3. The normalized spacial score (nSPS) is 20.3. The first-order valence-electron chi connectivity index (χ1n) is 6.35. The molecule has 16 heavy (non-hydrogen) atoms. The van der Waals surface area contributed by atoms with Gasteiger partial charge in [0.25, 0.3) is 0 Å². The van der Waals surface area contributed by atoms with E-state index in [0.717, 1.165) is 19.0 Å². The minimum absolute atomic E-state index is 0.721. The van der Waals surface area contributed by atoms with Gasteiger partial charge in [-0.15, -0.1) is 0 Å². The first-order chi connectivity index (χ1) is 7.88. The van der Waals surface area contributed by atoms with Crippen molar-refractivity contribution in [2.75, 3.05) is 19.6 Å². The molecule has 1 aromatic carbocycles. The van der Waals surface area contributed by atoms with E-state index in [2.05, 4.69) is 35.2 Å². The zero-order chi connectivity index (χ0) is 11.8. The van der Waals surface area contributed by atoms with Crippen LogP contribution >= 0.6 is 0 Å². The molecule has 0 amide bonds. The summed E-state index contributed by atoms with van der Waals surface area (Å²) in [6.07, 6.45) is 1.27. The molecule has 0 radical (unpaired) electrons. The van der Waals surface area contributed by atoms with Gasteiger partial charge in [0.2, 0.25) is 0 Å². The topological polar surface area (TPSA) is 29.3 Å². The van der Waals surface area contributed by atoms with Crippen molar-refractivity contribution in [3.63, 3.8) is 0 Å². The molecule has 1 heterocycles. The molecule has 0 spiro atoms. The van der Waals surface area contributed by atoms with Gasteiger partial charge in [0.15, 0.2) is 0 Å². The molecule has 0 bridgehead atoms. The van der Waals surface area contributed by atoms with Crippen LogP contribution in [0.5, 0.6) is 0 Å². The van der Waals surface area contributed by atoms with Crippen molar-refractivity contribution in [3.05, 3.63) is 35.9 Å². The molecule has 1 atom stereocenters. The summed E-state index contributed by atoms with van der Waals surface area (Å²) >= 11 is 0. The summed E-state index contributed by atoms with van der Waals surface area (Å²) < 4.78 is 0. The van der Waals surface area contributed by atoms with E-state index in [1.54, 1.807) is 0 Å². The highest BCUT2D eigenvalue weighted by atomic mass is 15.1. The van der Waals surface area contributed by atoms with E-state index >= 15 is 0 Å². The van der Waals surface area contributed by atoms with E-state index in [-0.39, 0.29) is 0 Å². The lowest BCUT2D eigenvalue weighted by atomic mass is 10.1. The quantitative estimate of drug-likeness (QED) is 0.848. The van der Waals surface area contributed by atoms with Crippen molar-refractivity contribution in [1.82, 2.24) is 4.90 Å². The summed E-state index contributed by atoms with van der Waals surface area (Å²) in [7, 11) is 0. The monoisotopic (exact) mass is 220 g/mol. The Bertz CT molecular complexity index is 271. The molecule has 0 saturated carbocycles. The largest absolute Gasteiger partial charge is 0.330 e. The van der Waals surface area contributed by atoms with Gasteiger partial charge in [0, 0.05) is 13.1 Å². The van der Waals surface area contributed by atoms with Gasteiger partial charge in [-0.05, 0) is 31.0 Å². The Morgan fingerprint density at radius 1 is 1.25 bits per heavy atom. The van der Waals surface area contributed by atoms with Crippen molar-refractivity contribution in [1.29, 1.82) is 0 Å². The summed E-state index contributed by atoms with van der Waals surface area (Å²) in [5.41, 5.74) is 7.07. The molecule has 1 aliphatic rings. The Kier molecular flexibility index (Phi) is 6.12. The third-order valence-corrected chi connectivity index (χ3v) is 2.95. The molecular formula is C14H24N2. The average Bonchev–Trinajstić information content (AvgIpc) is 2.81. The third-order valence-electron chi connectivity index (χ3n) is 2.95. The van der Waals surface area contributed by atoms with Crippen molar-refractivity contribution in [3.8, 4) is 0 Å². The SMILES string of the molecule is CC.NCC1CCN(Cc2ccccc2)C1. The number of nitrogens with two attached hydrogens (primary N) is 1. The molecule has 90 valence electrons. The Labute approximate surface area is 99.5 Å². The predicted molar refractivity (Wildman–Crippen MR) is 70.2 cm³/mol. The van der Waals surface area contributed by atoms with Crippen LogP contribution in [0.2, 0.25) is 0 Å². The second-order valence-corrected chi connectivity index (χ2v) is 4.11. The lowest BCUT2D eigenvalue weighted by molar-refractivity contribution is 0.318. The Hall–Kier alpha value is -0.860. The summed E-state index contributed by atoms with van der Waals surface area (Å²) in [5.74, 6) is 0.721. The smallest absolute Gasteiger partial charge is 0.0233 e. The fourth-order valence-electron chi connectivity index (χ4n) is 2.09. The second-order valence-electron chi connectivity index (χ2n) is 4.11. The highest BCUT2D eigenvalue weighted by Gasteiger charge is 2.20. The van der Waals surface area contributed by atoms with E-state index < -0.39 is 0 Å². The number of nitrogens with zero attached hydrogens (tertiary/aromatic N) is 1. The standard InChI is InChI=1S/C12H18N2.C2H6/c13-8-12-6-7-14(10-12)9-11-4-2-1-3-5-11;1-2/h1-5,12H,6-10,13H2;1-2H3. The van der Waals surface area contributed by atoms with Gasteiger partial charge in [-0.1, -0.05) is 44.2 Å². The first-order valence-corrected chi connectivity index (χ1v) is 6.35. The third kappa shape index (κ3) is 3.95. The van der Waals surface area contributed by atoms with Crippen LogP contribution in [-0.4, -0.2) is 24.5 Å². The van der Waals surface area contributed by atoms with E-state index in [0.29, 0.717) is 0 Å². The van der Waals surface area contributed by atoms with Gasteiger partial charge < -0.3 is 5.73 Å². The molecule has 0 aromatic heterocycles. The molecule has 2 heteroatoms. The van der Waals surface area contributed by atoms with Gasteiger partial charge in [-0.2, -0.15) is 0 Å². The van der Waals surface area contributed by atoms with Crippen LogP contribution in [0.3, 0.4) is 0 Å². The predicted octanol–water partition coefficient (Wildman–Crippen LogP) is 2.49. The lowest BCUT2D eigenvalue weighted by Gasteiger charge is -2.15. The highest BCUT2D eigenvalue weighted by Crippen LogP contribution is 2.17. The lowest BCUT2D eigenvalue weighted by Crippen LogP contribution is -2.22. The van der Waals surface area contributed by atoms with Gasteiger partial charge in [-0.25, -0.2) is 0 Å². The Morgan fingerprint density at radius 2 is 1.94 bits per heavy atom. The second kappa shape index (κ2) is 7.42. The van der Waals surface area contributed by atoms with Crippen LogP contribution in [0.15, 0.2) is 30.3 Å². The van der Waals surface area contributed by atoms with Crippen LogP contribution in [-0.2, 0) is 6.54 Å². The fraction of sp³-hybridized carbons (Fsp3) is 0.571. The number of hydrogen-bond acceptors (Lipinski definition) is 2. The summed E-state index contributed by atoms with van der Waals surface area (Å²) in [5, 5.41) is 0. The fourth-order valence-corrected chi connectivity index (χ4v) is 2.09. The molecule has 1 unspecified atom stereocenters. The molecule has 1 aromatic rings. The van der Waals surface area contributed by atoms with Crippen molar-refractivity contribution < 1.29 is 0 Å². The summed E-state index contributed by atoms with van der Waals surface area (Å²) in [6, 6.07) is 10.7. The molecule has 1 fully saturated rings. The number of benzene rings is 1. The van der Waals surface area contributed by atoms with Crippen LogP contribution in [0.25, 0.3) is 0 Å². The highest BCUT2D eigenvalue weighted by molar-refractivity contribution is 5.14. The zero-order valence-corrected chi connectivity index (χ0v) is 10.5. The molecule has 0 aliphatic carbocycles. The molecule has 1 aliphatic heterocycles. The average molecular weight is 220 g/mol. The van der Waals surface area contributed by atoms with Crippen LogP contribution in [0.1, 0.15) is 25.8 Å². The van der Waals surface area contributed by atoms with E-state index in [1.807, 2.05) is 13.8 Å². The van der Waals surface area contributed by atoms with Gasteiger partial charge in [0.1, 0.15) is 0 Å². The summed E-state index contributed by atoms with van der Waals surface area (Å²) in [4.78, 5) is 2.49. The van der Waals surface area contributed by atoms with Crippen molar-refractivity contribution >= 4 is 0 Å². The number of hydrogen-bond donors (Lipinski definition) is 1. The minimum Gasteiger partial charge on any atom is -0.330 e. The van der Waals surface area contributed by atoms with Crippen LogP contribution in [0.4, 0.5) is 0 Å². The minimum atomic E-state index is 0.721. The maximum atomic E-state index is 5.66. The van der Waals surface area contributed by atoms with E-state index in [4.69, 9.17) is 5.73 Å². The zero-order valence-electron chi connectivity index (χ0n) is 10.5. The number of likely N-dealkylation sites (tertiary alicyclic amines) is 1. The maximum absolute atomic E-state index is 5.66. The van der Waals surface area contributed by atoms with E-state index in [1.165, 1.54) is 25.1 Å². The van der Waals surface area contributed by atoms with Crippen LogP contribution < -0.4 is 5.73 Å².